The van der Waals surface area contributed by atoms with Crippen LogP contribution in [0.15, 0.2) is 29.2 Å². The van der Waals surface area contributed by atoms with Gasteiger partial charge in [0.1, 0.15) is 0 Å². The van der Waals surface area contributed by atoms with E-state index in [1.807, 2.05) is 6.92 Å². The molecule has 19 heavy (non-hydrogen) atoms. The largest absolute Gasteiger partial charge is 0.396 e. The van der Waals surface area contributed by atoms with Gasteiger partial charge in [0.15, 0.2) is 0 Å². The van der Waals surface area contributed by atoms with Gasteiger partial charge >= 0.3 is 0 Å². The van der Waals surface area contributed by atoms with Gasteiger partial charge in [-0.15, -0.1) is 0 Å². The first-order chi connectivity index (χ1) is 8.93. The van der Waals surface area contributed by atoms with E-state index < -0.39 is 5.76 Å². The van der Waals surface area contributed by atoms with Gasteiger partial charge in [0.25, 0.3) is 11.7 Å². The maximum atomic E-state index is 12.1. The zero-order valence-corrected chi connectivity index (χ0v) is 11.6. The van der Waals surface area contributed by atoms with Gasteiger partial charge in [0, 0.05) is 23.1 Å². The highest BCUT2D eigenvalue weighted by Crippen LogP contribution is 2.25. The lowest BCUT2D eigenvalue weighted by atomic mass is 10.0. The molecule has 0 heterocycles. The molecule has 0 aliphatic rings. The van der Waals surface area contributed by atoms with Gasteiger partial charge in [0.05, 0.1) is 0 Å². The summed E-state index contributed by atoms with van der Waals surface area (Å²) >= 11 is 0.443. The minimum absolute atomic E-state index is 0.00852. The van der Waals surface area contributed by atoms with Crippen molar-refractivity contribution in [3.05, 3.63) is 29.8 Å². The fourth-order valence-corrected chi connectivity index (χ4v) is 1.88. The predicted molar refractivity (Wildman–Crippen MR) is 71.5 cm³/mol. The summed E-state index contributed by atoms with van der Waals surface area (Å²) in [6.45, 7) is 3.62. The highest BCUT2D eigenvalue weighted by atomic mass is 32.2. The van der Waals surface area contributed by atoms with Crippen LogP contribution in [-0.2, 0) is 0 Å². The second kappa shape index (κ2) is 7.45. The van der Waals surface area contributed by atoms with Crippen LogP contribution >= 0.6 is 11.8 Å². The van der Waals surface area contributed by atoms with E-state index in [1.54, 1.807) is 6.92 Å². The van der Waals surface area contributed by atoms with Crippen LogP contribution < -0.4 is 5.32 Å². The number of carbonyl (C=O) groups is 1. The van der Waals surface area contributed by atoms with Gasteiger partial charge in [-0.05, 0) is 37.1 Å². The van der Waals surface area contributed by atoms with Gasteiger partial charge in [0.2, 0.25) is 0 Å². The van der Waals surface area contributed by atoms with Crippen LogP contribution in [-0.4, -0.2) is 29.4 Å². The van der Waals surface area contributed by atoms with Crippen LogP contribution in [0.3, 0.4) is 0 Å². The van der Waals surface area contributed by atoms with Crippen LogP contribution in [0.4, 0.5) is 8.78 Å². The number of thioether (sulfide) groups is 1. The Hall–Kier alpha value is -1.14. The molecular weight excluding hydrogens is 272 g/mol. The molecule has 2 unspecified atom stereocenters. The van der Waals surface area contributed by atoms with E-state index in [1.165, 1.54) is 24.3 Å². The topological polar surface area (TPSA) is 49.3 Å². The number of benzene rings is 1. The smallest absolute Gasteiger partial charge is 0.288 e. The molecule has 3 nitrogen and oxygen atoms in total. The van der Waals surface area contributed by atoms with Gasteiger partial charge in [-0.3, -0.25) is 4.79 Å². The van der Waals surface area contributed by atoms with Crippen molar-refractivity contribution in [1.82, 2.24) is 5.32 Å². The Balaban J connectivity index is 2.62. The summed E-state index contributed by atoms with van der Waals surface area (Å²) < 4.78 is 24.3. The monoisotopic (exact) mass is 289 g/mol. The second-order valence-electron chi connectivity index (χ2n) is 4.32. The van der Waals surface area contributed by atoms with Gasteiger partial charge in [-0.2, -0.15) is 8.78 Å². The molecule has 1 amide bonds. The van der Waals surface area contributed by atoms with Crippen LogP contribution in [0.1, 0.15) is 24.2 Å². The van der Waals surface area contributed by atoms with Crippen LogP contribution in [0.5, 0.6) is 0 Å². The lowest BCUT2D eigenvalue weighted by molar-refractivity contribution is 0.0916. The van der Waals surface area contributed by atoms with E-state index in [2.05, 4.69) is 5.32 Å². The molecule has 0 spiro atoms. The molecule has 2 N–H and O–H groups in total. The Morgan fingerprint density at radius 1 is 1.32 bits per heavy atom. The maximum Gasteiger partial charge on any atom is 0.288 e. The molecule has 0 bridgehead atoms. The minimum Gasteiger partial charge on any atom is -0.396 e. The van der Waals surface area contributed by atoms with Crippen molar-refractivity contribution in [2.75, 3.05) is 6.61 Å². The highest BCUT2D eigenvalue weighted by molar-refractivity contribution is 7.99. The lowest BCUT2D eigenvalue weighted by Crippen LogP contribution is -2.38. The molecule has 6 heteroatoms. The van der Waals surface area contributed by atoms with Crippen LogP contribution in [0.25, 0.3) is 0 Å². The summed E-state index contributed by atoms with van der Waals surface area (Å²) in [6.07, 6.45) is 0. The minimum atomic E-state index is -2.47. The number of hydrogen-bond acceptors (Lipinski definition) is 3. The normalized spacial score (nSPS) is 14.2. The van der Waals surface area contributed by atoms with E-state index in [0.29, 0.717) is 22.2 Å². The molecule has 1 aromatic carbocycles. The molecule has 0 radical (unpaired) electrons. The van der Waals surface area contributed by atoms with Crippen molar-refractivity contribution in [3.8, 4) is 0 Å². The number of halogens is 2. The average Bonchev–Trinajstić information content (AvgIpc) is 2.37. The van der Waals surface area contributed by atoms with E-state index in [4.69, 9.17) is 5.11 Å². The molecule has 0 aliphatic carbocycles. The summed E-state index contributed by atoms with van der Waals surface area (Å²) in [5.74, 6) is -2.79. The summed E-state index contributed by atoms with van der Waals surface area (Å²) in [7, 11) is 0. The van der Waals surface area contributed by atoms with Crippen molar-refractivity contribution in [3.63, 3.8) is 0 Å². The number of aliphatic hydroxyl groups is 1. The average molecular weight is 289 g/mol. The van der Waals surface area contributed by atoms with Crippen LogP contribution in [0, 0.1) is 5.92 Å². The third kappa shape index (κ3) is 5.16. The van der Waals surface area contributed by atoms with Crippen molar-refractivity contribution in [2.24, 2.45) is 5.92 Å². The summed E-state index contributed by atoms with van der Waals surface area (Å²) in [5, 5.41) is 11.7. The number of amides is 1. The Labute approximate surface area is 115 Å². The van der Waals surface area contributed by atoms with E-state index in [9.17, 15) is 13.6 Å². The fraction of sp³-hybridized carbons (Fsp3) is 0.462. The zero-order chi connectivity index (χ0) is 14.4. The van der Waals surface area contributed by atoms with Crippen molar-refractivity contribution in [1.29, 1.82) is 0 Å². The molecule has 0 aromatic heterocycles. The quantitative estimate of drug-likeness (QED) is 0.792. The molecule has 0 saturated carbocycles. The highest BCUT2D eigenvalue weighted by Gasteiger charge is 2.15. The number of aliphatic hydroxyl groups excluding tert-OH is 1. The van der Waals surface area contributed by atoms with E-state index in [0.717, 1.165) is 0 Å². The maximum absolute atomic E-state index is 12.1. The Morgan fingerprint density at radius 3 is 2.37 bits per heavy atom. The number of nitrogens with one attached hydrogen (secondary N) is 1. The number of carbonyl (C=O) groups excluding carboxylic acids is 1. The lowest BCUT2D eigenvalue weighted by Gasteiger charge is -2.19. The molecular formula is C13H17F2NO2S. The van der Waals surface area contributed by atoms with Crippen LogP contribution in [0.2, 0.25) is 0 Å². The SMILES string of the molecule is CC(CO)C(C)NC(=O)c1ccc(SC(F)F)cc1. The Morgan fingerprint density at radius 2 is 1.89 bits per heavy atom. The molecule has 0 aliphatic heterocycles. The molecule has 1 aromatic rings. The molecule has 1 rings (SSSR count). The molecule has 2 atom stereocenters. The first-order valence-electron chi connectivity index (χ1n) is 5.90. The molecule has 0 saturated heterocycles. The number of alkyl halides is 2. The van der Waals surface area contributed by atoms with Crippen molar-refractivity contribution < 1.29 is 18.7 Å². The van der Waals surface area contributed by atoms with E-state index >= 15 is 0 Å². The first kappa shape index (κ1) is 15.9. The number of rotatable bonds is 6. The second-order valence-corrected chi connectivity index (χ2v) is 5.39. The zero-order valence-electron chi connectivity index (χ0n) is 10.8. The standard InChI is InChI=1S/C13H17F2NO2S/c1-8(7-17)9(2)16-12(18)10-3-5-11(6-4-10)19-13(14)15/h3-6,8-9,13,17H,7H2,1-2H3,(H,16,18). The Bertz CT molecular complexity index is 412. The van der Waals surface area contributed by atoms with E-state index in [-0.39, 0.29) is 24.5 Å². The van der Waals surface area contributed by atoms with Crippen molar-refractivity contribution >= 4 is 17.7 Å². The fourth-order valence-electron chi connectivity index (χ4n) is 1.38. The summed E-state index contributed by atoms with van der Waals surface area (Å²) in [6, 6.07) is 5.84. The predicted octanol–water partition coefficient (Wildman–Crippen LogP) is 2.75. The van der Waals surface area contributed by atoms with Gasteiger partial charge < -0.3 is 10.4 Å². The number of hydrogen-bond donors (Lipinski definition) is 2. The van der Waals surface area contributed by atoms with Gasteiger partial charge in [-0.25, -0.2) is 0 Å². The summed E-state index contributed by atoms with van der Waals surface area (Å²) in [4.78, 5) is 12.3. The first-order valence-corrected chi connectivity index (χ1v) is 6.78. The molecule has 0 fully saturated rings. The summed E-state index contributed by atoms with van der Waals surface area (Å²) in [5.41, 5.74) is 0.413. The van der Waals surface area contributed by atoms with Crippen molar-refractivity contribution in [2.45, 2.75) is 30.5 Å². The molecule has 106 valence electrons. The Kier molecular flexibility index (Phi) is 6.24. The third-order valence-corrected chi connectivity index (χ3v) is 3.56. The third-order valence-electron chi connectivity index (χ3n) is 2.84. The van der Waals surface area contributed by atoms with Gasteiger partial charge in [-0.1, -0.05) is 18.7 Å².